The standard InChI is InChI=1S/C17H25NO/c1-4-11-18-16(10-9-13(2)3)15-12-19-17-8-6-5-7-14(15)17/h5-8,15-16,18H,2,4,9-12H2,1,3H3. The van der Waals surface area contributed by atoms with Gasteiger partial charge in [-0.25, -0.2) is 0 Å². The average molecular weight is 259 g/mol. The van der Waals surface area contributed by atoms with Crippen LogP contribution in [0, 0.1) is 0 Å². The van der Waals surface area contributed by atoms with Gasteiger partial charge in [0.2, 0.25) is 0 Å². The lowest BCUT2D eigenvalue weighted by Crippen LogP contribution is -2.36. The van der Waals surface area contributed by atoms with E-state index in [9.17, 15) is 0 Å². The number of hydrogen-bond donors (Lipinski definition) is 1. The first kappa shape index (κ1) is 14.1. The van der Waals surface area contributed by atoms with Crippen molar-refractivity contribution < 1.29 is 4.74 Å². The molecule has 1 aromatic rings. The van der Waals surface area contributed by atoms with Gasteiger partial charge in [-0.05, 0) is 38.8 Å². The molecule has 2 nitrogen and oxygen atoms in total. The summed E-state index contributed by atoms with van der Waals surface area (Å²) < 4.78 is 5.82. The summed E-state index contributed by atoms with van der Waals surface area (Å²) in [4.78, 5) is 0. The van der Waals surface area contributed by atoms with Gasteiger partial charge in [0.05, 0.1) is 6.61 Å². The molecular weight excluding hydrogens is 234 g/mol. The van der Waals surface area contributed by atoms with E-state index in [1.54, 1.807) is 0 Å². The highest BCUT2D eigenvalue weighted by atomic mass is 16.5. The van der Waals surface area contributed by atoms with Crippen LogP contribution in [0.15, 0.2) is 36.4 Å². The molecule has 104 valence electrons. The van der Waals surface area contributed by atoms with Crippen molar-refractivity contribution in [1.29, 1.82) is 0 Å². The highest BCUT2D eigenvalue weighted by Gasteiger charge is 2.30. The van der Waals surface area contributed by atoms with Crippen LogP contribution in [0.5, 0.6) is 5.75 Å². The summed E-state index contributed by atoms with van der Waals surface area (Å²) in [6, 6.07) is 8.92. The molecule has 0 radical (unpaired) electrons. The van der Waals surface area contributed by atoms with Gasteiger partial charge in [-0.1, -0.05) is 30.7 Å². The number of hydrogen-bond acceptors (Lipinski definition) is 2. The van der Waals surface area contributed by atoms with Crippen LogP contribution in [0.4, 0.5) is 0 Å². The minimum Gasteiger partial charge on any atom is -0.493 e. The first-order valence-electron chi connectivity index (χ1n) is 7.32. The Hall–Kier alpha value is -1.28. The Labute approximate surface area is 116 Å². The molecule has 2 unspecified atom stereocenters. The smallest absolute Gasteiger partial charge is 0.122 e. The lowest BCUT2D eigenvalue weighted by Gasteiger charge is -2.24. The van der Waals surface area contributed by atoms with E-state index in [1.165, 1.54) is 17.6 Å². The summed E-state index contributed by atoms with van der Waals surface area (Å²) in [6.45, 7) is 10.2. The number of rotatable bonds is 7. The second-order valence-electron chi connectivity index (χ2n) is 5.51. The van der Waals surface area contributed by atoms with Crippen LogP contribution in [0.25, 0.3) is 0 Å². The largest absolute Gasteiger partial charge is 0.493 e. The highest BCUT2D eigenvalue weighted by molar-refractivity contribution is 5.40. The zero-order chi connectivity index (χ0) is 13.7. The van der Waals surface area contributed by atoms with Crippen molar-refractivity contribution >= 4 is 0 Å². The highest BCUT2D eigenvalue weighted by Crippen LogP contribution is 2.36. The van der Waals surface area contributed by atoms with Gasteiger partial charge in [-0.2, -0.15) is 0 Å². The van der Waals surface area contributed by atoms with Crippen molar-refractivity contribution in [2.75, 3.05) is 13.2 Å². The molecule has 2 rings (SSSR count). The fraction of sp³-hybridized carbons (Fsp3) is 0.529. The number of benzene rings is 1. The lowest BCUT2D eigenvalue weighted by atomic mass is 9.89. The van der Waals surface area contributed by atoms with E-state index in [4.69, 9.17) is 4.74 Å². The van der Waals surface area contributed by atoms with Crippen LogP contribution < -0.4 is 10.1 Å². The summed E-state index contributed by atoms with van der Waals surface area (Å²) in [5.74, 6) is 1.54. The fourth-order valence-corrected chi connectivity index (χ4v) is 2.70. The van der Waals surface area contributed by atoms with E-state index < -0.39 is 0 Å². The lowest BCUT2D eigenvalue weighted by molar-refractivity contribution is 0.291. The number of fused-ring (bicyclic) bond motifs is 1. The normalized spacial score (nSPS) is 18.7. The van der Waals surface area contributed by atoms with Crippen molar-refractivity contribution in [3.8, 4) is 5.75 Å². The maximum absolute atomic E-state index is 5.82. The third-order valence-corrected chi connectivity index (χ3v) is 3.76. The SMILES string of the molecule is C=C(C)CCC(NCCC)C1COc2ccccc21. The first-order valence-corrected chi connectivity index (χ1v) is 7.32. The Kier molecular flexibility index (Phi) is 5.03. The van der Waals surface area contributed by atoms with Gasteiger partial charge in [0.1, 0.15) is 5.75 Å². The fourth-order valence-electron chi connectivity index (χ4n) is 2.70. The number of ether oxygens (including phenoxy) is 1. The van der Waals surface area contributed by atoms with E-state index in [0.29, 0.717) is 12.0 Å². The molecule has 0 spiro atoms. The molecule has 1 N–H and O–H groups in total. The van der Waals surface area contributed by atoms with Gasteiger partial charge in [0, 0.05) is 17.5 Å². The van der Waals surface area contributed by atoms with Crippen molar-refractivity contribution in [2.24, 2.45) is 0 Å². The van der Waals surface area contributed by atoms with Crippen molar-refractivity contribution in [3.63, 3.8) is 0 Å². The zero-order valence-corrected chi connectivity index (χ0v) is 12.1. The monoisotopic (exact) mass is 259 g/mol. The van der Waals surface area contributed by atoms with E-state index in [0.717, 1.165) is 31.7 Å². The topological polar surface area (TPSA) is 21.3 Å². The molecule has 0 saturated carbocycles. The molecular formula is C17H25NO. The summed E-state index contributed by atoms with van der Waals surface area (Å²) in [7, 11) is 0. The summed E-state index contributed by atoms with van der Waals surface area (Å²) in [6.07, 6.45) is 3.39. The van der Waals surface area contributed by atoms with Gasteiger partial charge in [0.15, 0.2) is 0 Å². The first-order chi connectivity index (χ1) is 9.22. The molecule has 0 bridgehead atoms. The molecule has 1 aromatic carbocycles. The van der Waals surface area contributed by atoms with Crippen molar-refractivity contribution in [1.82, 2.24) is 5.32 Å². The maximum Gasteiger partial charge on any atom is 0.122 e. The van der Waals surface area contributed by atoms with E-state index >= 15 is 0 Å². The van der Waals surface area contributed by atoms with Gasteiger partial charge in [-0.15, -0.1) is 6.58 Å². The predicted octanol–water partition coefficient (Wildman–Crippen LogP) is 3.89. The number of para-hydroxylation sites is 1. The molecule has 19 heavy (non-hydrogen) atoms. The van der Waals surface area contributed by atoms with Crippen LogP contribution in [-0.4, -0.2) is 19.2 Å². The van der Waals surface area contributed by atoms with Gasteiger partial charge < -0.3 is 10.1 Å². The molecule has 1 aliphatic rings. The molecule has 1 heterocycles. The van der Waals surface area contributed by atoms with E-state index in [1.807, 2.05) is 6.07 Å². The number of nitrogens with one attached hydrogen (secondary N) is 1. The molecule has 0 aliphatic carbocycles. The molecule has 0 aromatic heterocycles. The minimum atomic E-state index is 0.474. The second kappa shape index (κ2) is 6.76. The molecule has 0 saturated heterocycles. The Bertz CT molecular complexity index is 427. The average Bonchev–Trinajstić information content (AvgIpc) is 2.83. The molecule has 0 amide bonds. The maximum atomic E-state index is 5.82. The van der Waals surface area contributed by atoms with Crippen molar-refractivity contribution in [2.45, 2.75) is 45.1 Å². The summed E-state index contributed by atoms with van der Waals surface area (Å²) in [5, 5.41) is 3.69. The number of allylic oxidation sites excluding steroid dienone is 1. The molecule has 2 heteroatoms. The van der Waals surface area contributed by atoms with Crippen LogP contribution in [0.3, 0.4) is 0 Å². The third-order valence-electron chi connectivity index (χ3n) is 3.76. The molecule has 0 fully saturated rings. The summed E-state index contributed by atoms with van der Waals surface area (Å²) >= 11 is 0. The Morgan fingerprint density at radius 3 is 3.00 bits per heavy atom. The summed E-state index contributed by atoms with van der Waals surface area (Å²) in [5.41, 5.74) is 2.62. The van der Waals surface area contributed by atoms with Gasteiger partial charge in [0.25, 0.3) is 0 Å². The van der Waals surface area contributed by atoms with Gasteiger partial charge in [-0.3, -0.25) is 0 Å². The predicted molar refractivity (Wildman–Crippen MR) is 80.8 cm³/mol. The van der Waals surface area contributed by atoms with Gasteiger partial charge >= 0.3 is 0 Å². The van der Waals surface area contributed by atoms with E-state index in [2.05, 4.69) is 43.9 Å². The minimum absolute atomic E-state index is 0.474. The molecule has 1 aliphatic heterocycles. The van der Waals surface area contributed by atoms with Crippen molar-refractivity contribution in [3.05, 3.63) is 42.0 Å². The second-order valence-corrected chi connectivity index (χ2v) is 5.51. The van der Waals surface area contributed by atoms with E-state index in [-0.39, 0.29) is 0 Å². The van der Waals surface area contributed by atoms with Crippen LogP contribution in [0.2, 0.25) is 0 Å². The quantitative estimate of drug-likeness (QED) is 0.750. The van der Waals surface area contributed by atoms with Crippen LogP contribution in [-0.2, 0) is 0 Å². The van der Waals surface area contributed by atoms with Crippen LogP contribution in [0.1, 0.15) is 44.6 Å². The van der Waals surface area contributed by atoms with Crippen LogP contribution >= 0.6 is 0 Å². The zero-order valence-electron chi connectivity index (χ0n) is 12.1. The molecule has 2 atom stereocenters. The Balaban J connectivity index is 2.07. The Morgan fingerprint density at radius 2 is 2.26 bits per heavy atom. The third kappa shape index (κ3) is 3.60. The Morgan fingerprint density at radius 1 is 1.47 bits per heavy atom.